The number of aryl methyl sites for hydroxylation is 1. The molecule has 0 saturated heterocycles. The monoisotopic (exact) mass is 286 g/mol. The lowest BCUT2D eigenvalue weighted by atomic mass is 10.2. The minimum Gasteiger partial charge on any atom is -0.393 e. The number of carbonyl (C=O) groups is 1. The van der Waals surface area contributed by atoms with Crippen LogP contribution in [0, 0.1) is 6.92 Å². The molecule has 1 amide bonds. The molecule has 1 aromatic carbocycles. The molecular formula is C10H11BrN2OS. The van der Waals surface area contributed by atoms with Crippen LogP contribution in [0.3, 0.4) is 0 Å². The molecule has 0 saturated carbocycles. The number of nitrogens with one attached hydrogen (secondary N) is 1. The summed E-state index contributed by atoms with van der Waals surface area (Å²) in [5.41, 5.74) is 7.04. The summed E-state index contributed by atoms with van der Waals surface area (Å²) in [4.78, 5) is 11.6. The maximum Gasteiger partial charge on any atom is 0.231 e. The highest BCUT2D eigenvalue weighted by Crippen LogP contribution is 2.20. The summed E-state index contributed by atoms with van der Waals surface area (Å²) < 4.78 is 0.915. The van der Waals surface area contributed by atoms with Gasteiger partial charge in [0.05, 0.1) is 11.4 Å². The number of halogens is 1. The lowest BCUT2D eigenvalue weighted by Crippen LogP contribution is -2.20. The van der Waals surface area contributed by atoms with E-state index < -0.39 is 0 Å². The Kier molecular flexibility index (Phi) is 4.23. The summed E-state index contributed by atoms with van der Waals surface area (Å²) in [6.45, 7) is 1.92. The van der Waals surface area contributed by atoms with Gasteiger partial charge in [-0.1, -0.05) is 34.2 Å². The standard InChI is InChI=1S/C10H11BrN2OS/c1-6-2-3-7(11)4-8(6)13-10(14)5-9(12)15/h2-4H,5H2,1H3,(H2,12,15)(H,13,14). The van der Waals surface area contributed by atoms with E-state index in [4.69, 9.17) is 5.73 Å². The number of benzene rings is 1. The summed E-state index contributed by atoms with van der Waals surface area (Å²) in [5.74, 6) is -0.191. The first kappa shape index (κ1) is 12.1. The fourth-order valence-electron chi connectivity index (χ4n) is 1.08. The van der Waals surface area contributed by atoms with E-state index in [9.17, 15) is 4.79 Å². The molecule has 0 aliphatic heterocycles. The molecule has 0 aliphatic carbocycles. The second-order valence-corrected chi connectivity index (χ2v) is 4.59. The summed E-state index contributed by atoms with van der Waals surface area (Å²) in [6, 6.07) is 5.67. The van der Waals surface area contributed by atoms with E-state index in [2.05, 4.69) is 33.5 Å². The molecule has 0 aliphatic rings. The van der Waals surface area contributed by atoms with Gasteiger partial charge in [-0.05, 0) is 24.6 Å². The normalized spacial score (nSPS) is 9.73. The van der Waals surface area contributed by atoms with Crippen LogP contribution in [0.2, 0.25) is 0 Å². The van der Waals surface area contributed by atoms with Gasteiger partial charge in [0.15, 0.2) is 0 Å². The molecule has 0 fully saturated rings. The first-order valence-electron chi connectivity index (χ1n) is 4.33. The predicted octanol–water partition coefficient (Wildman–Crippen LogP) is 2.37. The highest BCUT2D eigenvalue weighted by molar-refractivity contribution is 9.10. The molecule has 0 unspecified atom stereocenters. The average Bonchev–Trinajstić information content (AvgIpc) is 2.10. The van der Waals surface area contributed by atoms with E-state index in [-0.39, 0.29) is 17.3 Å². The smallest absolute Gasteiger partial charge is 0.231 e. The number of rotatable bonds is 3. The summed E-state index contributed by atoms with van der Waals surface area (Å²) in [5, 5.41) is 2.75. The molecule has 15 heavy (non-hydrogen) atoms. The van der Waals surface area contributed by atoms with Gasteiger partial charge in [-0.25, -0.2) is 0 Å². The van der Waals surface area contributed by atoms with Crippen LogP contribution in [-0.2, 0) is 4.79 Å². The van der Waals surface area contributed by atoms with E-state index in [1.807, 2.05) is 25.1 Å². The van der Waals surface area contributed by atoms with Crippen molar-refractivity contribution >= 4 is 44.7 Å². The van der Waals surface area contributed by atoms with Gasteiger partial charge in [-0.2, -0.15) is 0 Å². The third kappa shape index (κ3) is 3.97. The van der Waals surface area contributed by atoms with Crippen molar-refractivity contribution in [2.45, 2.75) is 13.3 Å². The number of amides is 1. The molecule has 3 nitrogen and oxygen atoms in total. The van der Waals surface area contributed by atoms with Gasteiger partial charge in [0.25, 0.3) is 0 Å². The van der Waals surface area contributed by atoms with Crippen LogP contribution in [0.4, 0.5) is 5.69 Å². The largest absolute Gasteiger partial charge is 0.393 e. The molecule has 0 bridgehead atoms. The highest BCUT2D eigenvalue weighted by atomic mass is 79.9. The van der Waals surface area contributed by atoms with Gasteiger partial charge in [0.1, 0.15) is 0 Å². The van der Waals surface area contributed by atoms with Crippen molar-refractivity contribution in [3.05, 3.63) is 28.2 Å². The molecule has 5 heteroatoms. The van der Waals surface area contributed by atoms with Crippen molar-refractivity contribution in [2.75, 3.05) is 5.32 Å². The van der Waals surface area contributed by atoms with Gasteiger partial charge in [0.2, 0.25) is 5.91 Å². The highest BCUT2D eigenvalue weighted by Gasteiger charge is 2.06. The Bertz CT molecular complexity index is 406. The van der Waals surface area contributed by atoms with Crippen LogP contribution in [-0.4, -0.2) is 10.9 Å². The maximum atomic E-state index is 11.4. The van der Waals surface area contributed by atoms with Gasteiger partial charge < -0.3 is 11.1 Å². The number of hydrogen-bond donors (Lipinski definition) is 2. The molecule has 0 heterocycles. The summed E-state index contributed by atoms with van der Waals surface area (Å²) >= 11 is 7.99. The molecule has 0 aromatic heterocycles. The van der Waals surface area contributed by atoms with Crippen LogP contribution in [0.5, 0.6) is 0 Å². The third-order valence-electron chi connectivity index (χ3n) is 1.81. The molecule has 3 N–H and O–H groups in total. The molecule has 0 spiro atoms. The zero-order chi connectivity index (χ0) is 11.4. The maximum absolute atomic E-state index is 11.4. The Balaban J connectivity index is 2.76. The van der Waals surface area contributed by atoms with E-state index in [0.29, 0.717) is 0 Å². The van der Waals surface area contributed by atoms with E-state index >= 15 is 0 Å². The minimum absolute atomic E-state index is 0.0707. The van der Waals surface area contributed by atoms with E-state index in [1.54, 1.807) is 0 Å². The summed E-state index contributed by atoms with van der Waals surface area (Å²) in [6.07, 6.45) is 0.0707. The van der Waals surface area contributed by atoms with Crippen LogP contribution in [0.15, 0.2) is 22.7 Å². The fraction of sp³-hybridized carbons (Fsp3) is 0.200. The topological polar surface area (TPSA) is 55.1 Å². The second-order valence-electron chi connectivity index (χ2n) is 3.15. The average molecular weight is 287 g/mol. The zero-order valence-corrected chi connectivity index (χ0v) is 10.6. The quantitative estimate of drug-likeness (QED) is 0.839. The van der Waals surface area contributed by atoms with Crippen LogP contribution in [0.25, 0.3) is 0 Å². The van der Waals surface area contributed by atoms with Gasteiger partial charge in [-0.3, -0.25) is 4.79 Å². The fourth-order valence-corrected chi connectivity index (χ4v) is 1.57. The predicted molar refractivity (Wildman–Crippen MR) is 68.9 cm³/mol. The van der Waals surface area contributed by atoms with Crippen molar-refractivity contribution in [3.63, 3.8) is 0 Å². The molecular weight excluding hydrogens is 276 g/mol. The molecule has 0 atom stereocenters. The van der Waals surface area contributed by atoms with Gasteiger partial charge in [0, 0.05) is 10.2 Å². The first-order valence-corrected chi connectivity index (χ1v) is 5.53. The Morgan fingerprint density at radius 1 is 1.60 bits per heavy atom. The number of hydrogen-bond acceptors (Lipinski definition) is 2. The summed E-state index contributed by atoms with van der Waals surface area (Å²) in [7, 11) is 0. The van der Waals surface area contributed by atoms with Crippen molar-refractivity contribution in [2.24, 2.45) is 5.73 Å². The molecule has 80 valence electrons. The van der Waals surface area contributed by atoms with Crippen LogP contribution in [0.1, 0.15) is 12.0 Å². The SMILES string of the molecule is Cc1ccc(Br)cc1NC(=O)CC(N)=S. The second kappa shape index (κ2) is 5.23. The number of anilines is 1. The third-order valence-corrected chi connectivity index (χ3v) is 2.45. The first-order chi connectivity index (χ1) is 6.99. The Hall–Kier alpha value is -0.940. The van der Waals surface area contributed by atoms with Crippen molar-refractivity contribution in [1.29, 1.82) is 0 Å². The molecule has 1 aromatic rings. The zero-order valence-electron chi connectivity index (χ0n) is 8.21. The van der Waals surface area contributed by atoms with Crippen LogP contribution < -0.4 is 11.1 Å². The molecule has 0 radical (unpaired) electrons. The Labute approximate surface area is 102 Å². The number of nitrogens with two attached hydrogens (primary N) is 1. The van der Waals surface area contributed by atoms with Gasteiger partial charge in [-0.15, -0.1) is 0 Å². The minimum atomic E-state index is -0.191. The number of carbonyl (C=O) groups excluding carboxylic acids is 1. The molecule has 1 rings (SSSR count). The van der Waals surface area contributed by atoms with Gasteiger partial charge >= 0.3 is 0 Å². The van der Waals surface area contributed by atoms with E-state index in [0.717, 1.165) is 15.7 Å². The van der Waals surface area contributed by atoms with E-state index in [1.165, 1.54) is 0 Å². The van der Waals surface area contributed by atoms with Crippen molar-refractivity contribution in [1.82, 2.24) is 0 Å². The van der Waals surface area contributed by atoms with Crippen LogP contribution >= 0.6 is 28.1 Å². The Morgan fingerprint density at radius 2 is 2.27 bits per heavy atom. The lowest BCUT2D eigenvalue weighted by Gasteiger charge is -2.08. The lowest BCUT2D eigenvalue weighted by molar-refractivity contribution is -0.115. The van der Waals surface area contributed by atoms with Crippen molar-refractivity contribution < 1.29 is 4.79 Å². The van der Waals surface area contributed by atoms with Crippen molar-refractivity contribution in [3.8, 4) is 0 Å². The Morgan fingerprint density at radius 3 is 2.87 bits per heavy atom. The number of thiocarbonyl (C=S) groups is 1.